The Balaban J connectivity index is 2.93. The number of aromatic nitrogens is 1. The van der Waals surface area contributed by atoms with E-state index in [0.717, 1.165) is 0 Å². The summed E-state index contributed by atoms with van der Waals surface area (Å²) in [6.07, 6.45) is 0. The standard InChI is InChI=1S/C12H18N4O4/c1-4-13-10-6-9(16(18)19)7-11(15-10)14-8(3)12(17)20-5-2/h6-8H,4-5H2,1-3H3,(H2,13,14,15). The summed E-state index contributed by atoms with van der Waals surface area (Å²) in [5, 5.41) is 16.6. The zero-order valence-electron chi connectivity index (χ0n) is 11.7. The monoisotopic (exact) mass is 282 g/mol. The smallest absolute Gasteiger partial charge is 0.328 e. The van der Waals surface area contributed by atoms with E-state index < -0.39 is 16.9 Å². The molecule has 0 aromatic carbocycles. The Labute approximate surface area is 116 Å². The van der Waals surface area contributed by atoms with Crippen LogP contribution in [-0.2, 0) is 9.53 Å². The molecule has 0 saturated heterocycles. The molecule has 8 nitrogen and oxygen atoms in total. The summed E-state index contributed by atoms with van der Waals surface area (Å²) in [5.74, 6) is 0.182. The van der Waals surface area contributed by atoms with Gasteiger partial charge in [-0.05, 0) is 20.8 Å². The number of hydrogen-bond acceptors (Lipinski definition) is 7. The molecule has 2 N–H and O–H groups in total. The largest absolute Gasteiger partial charge is 0.464 e. The normalized spacial score (nSPS) is 11.6. The van der Waals surface area contributed by atoms with Crippen molar-refractivity contribution >= 4 is 23.3 Å². The zero-order chi connectivity index (χ0) is 15.1. The highest BCUT2D eigenvalue weighted by molar-refractivity contribution is 5.78. The first-order valence-corrected chi connectivity index (χ1v) is 6.31. The van der Waals surface area contributed by atoms with Gasteiger partial charge in [-0.3, -0.25) is 10.1 Å². The molecule has 0 fully saturated rings. The third kappa shape index (κ3) is 4.38. The van der Waals surface area contributed by atoms with Gasteiger partial charge in [0.2, 0.25) is 0 Å². The first-order chi connectivity index (χ1) is 9.47. The molecule has 0 aliphatic rings. The fourth-order valence-corrected chi connectivity index (χ4v) is 1.52. The van der Waals surface area contributed by atoms with Gasteiger partial charge in [0.25, 0.3) is 5.69 Å². The van der Waals surface area contributed by atoms with E-state index in [1.54, 1.807) is 13.8 Å². The second-order valence-electron chi connectivity index (χ2n) is 4.00. The third-order valence-corrected chi connectivity index (χ3v) is 2.38. The minimum absolute atomic E-state index is 0.102. The predicted molar refractivity (Wildman–Crippen MR) is 74.8 cm³/mol. The van der Waals surface area contributed by atoms with Crippen LogP contribution in [-0.4, -0.2) is 35.1 Å². The van der Waals surface area contributed by atoms with Crippen LogP contribution < -0.4 is 10.6 Å². The third-order valence-electron chi connectivity index (χ3n) is 2.38. The van der Waals surface area contributed by atoms with Crippen molar-refractivity contribution in [2.75, 3.05) is 23.8 Å². The van der Waals surface area contributed by atoms with E-state index in [1.807, 2.05) is 6.92 Å². The van der Waals surface area contributed by atoms with Crippen LogP contribution in [0.3, 0.4) is 0 Å². The van der Waals surface area contributed by atoms with Crippen LogP contribution in [0, 0.1) is 10.1 Å². The van der Waals surface area contributed by atoms with Crippen molar-refractivity contribution in [3.8, 4) is 0 Å². The van der Waals surface area contributed by atoms with Crippen LogP contribution >= 0.6 is 0 Å². The molecular weight excluding hydrogens is 264 g/mol. The van der Waals surface area contributed by atoms with Crippen molar-refractivity contribution in [1.82, 2.24) is 4.98 Å². The van der Waals surface area contributed by atoms with E-state index in [9.17, 15) is 14.9 Å². The summed E-state index contributed by atoms with van der Waals surface area (Å²) in [6, 6.07) is 1.97. The molecule has 0 radical (unpaired) electrons. The van der Waals surface area contributed by atoms with Gasteiger partial charge in [0.15, 0.2) is 0 Å². The van der Waals surface area contributed by atoms with Crippen LogP contribution in [0.4, 0.5) is 17.3 Å². The number of hydrogen-bond donors (Lipinski definition) is 2. The molecule has 1 aromatic heterocycles. The van der Waals surface area contributed by atoms with Crippen molar-refractivity contribution < 1.29 is 14.5 Å². The van der Waals surface area contributed by atoms with Crippen LogP contribution in [0.1, 0.15) is 20.8 Å². The second kappa shape index (κ2) is 7.27. The lowest BCUT2D eigenvalue weighted by molar-refractivity contribution is -0.384. The van der Waals surface area contributed by atoms with Crippen molar-refractivity contribution in [1.29, 1.82) is 0 Å². The van der Waals surface area contributed by atoms with E-state index in [2.05, 4.69) is 15.6 Å². The molecule has 1 aromatic rings. The number of carbonyl (C=O) groups is 1. The maximum Gasteiger partial charge on any atom is 0.328 e. The number of ether oxygens (including phenoxy) is 1. The molecule has 1 atom stereocenters. The SMILES string of the molecule is CCNc1cc([N+](=O)[O-])cc(NC(C)C(=O)OCC)n1. The van der Waals surface area contributed by atoms with Crippen LogP contribution in [0.2, 0.25) is 0 Å². The summed E-state index contributed by atoms with van der Waals surface area (Å²) in [7, 11) is 0. The molecule has 0 amide bonds. The topological polar surface area (TPSA) is 106 Å². The predicted octanol–water partition coefficient (Wildman–Crippen LogP) is 1.79. The first kappa shape index (κ1) is 15.7. The minimum atomic E-state index is -0.640. The lowest BCUT2D eigenvalue weighted by atomic mass is 10.3. The highest BCUT2D eigenvalue weighted by atomic mass is 16.6. The number of carbonyl (C=O) groups excluding carboxylic acids is 1. The summed E-state index contributed by atoms with van der Waals surface area (Å²) in [4.78, 5) is 26.0. The van der Waals surface area contributed by atoms with Gasteiger partial charge in [-0.1, -0.05) is 0 Å². The van der Waals surface area contributed by atoms with Crippen LogP contribution in [0.15, 0.2) is 12.1 Å². The minimum Gasteiger partial charge on any atom is -0.464 e. The number of nitro groups is 1. The Hall–Kier alpha value is -2.38. The second-order valence-corrected chi connectivity index (χ2v) is 4.00. The van der Waals surface area contributed by atoms with Crippen molar-refractivity contribution in [3.05, 3.63) is 22.2 Å². The molecule has 1 heterocycles. The Morgan fingerprint density at radius 1 is 1.45 bits per heavy atom. The van der Waals surface area contributed by atoms with E-state index in [1.165, 1.54) is 12.1 Å². The lowest BCUT2D eigenvalue weighted by Gasteiger charge is -2.14. The lowest BCUT2D eigenvalue weighted by Crippen LogP contribution is -2.28. The molecule has 0 saturated carbocycles. The van der Waals surface area contributed by atoms with Crippen LogP contribution in [0.25, 0.3) is 0 Å². The number of anilines is 2. The maximum absolute atomic E-state index is 11.5. The van der Waals surface area contributed by atoms with Gasteiger partial charge in [-0.25, -0.2) is 9.78 Å². The Morgan fingerprint density at radius 3 is 2.65 bits per heavy atom. The van der Waals surface area contributed by atoms with Gasteiger partial charge in [-0.15, -0.1) is 0 Å². The molecule has 0 bridgehead atoms. The van der Waals surface area contributed by atoms with E-state index >= 15 is 0 Å². The highest BCUT2D eigenvalue weighted by Crippen LogP contribution is 2.21. The average molecular weight is 282 g/mol. The van der Waals surface area contributed by atoms with Gasteiger partial charge in [0.05, 0.1) is 23.7 Å². The number of pyridine rings is 1. The first-order valence-electron chi connectivity index (χ1n) is 6.31. The molecule has 0 aliphatic carbocycles. The van der Waals surface area contributed by atoms with E-state index in [0.29, 0.717) is 12.4 Å². The quantitative estimate of drug-likeness (QED) is 0.446. The Morgan fingerprint density at radius 2 is 2.10 bits per heavy atom. The van der Waals surface area contributed by atoms with Crippen molar-refractivity contribution in [3.63, 3.8) is 0 Å². The highest BCUT2D eigenvalue weighted by Gasteiger charge is 2.17. The Bertz CT molecular complexity index is 492. The molecule has 20 heavy (non-hydrogen) atoms. The summed E-state index contributed by atoms with van der Waals surface area (Å²) < 4.78 is 4.85. The summed E-state index contributed by atoms with van der Waals surface area (Å²) >= 11 is 0. The summed E-state index contributed by atoms with van der Waals surface area (Å²) in [6.45, 7) is 6.02. The fourth-order valence-electron chi connectivity index (χ4n) is 1.52. The average Bonchev–Trinajstić information content (AvgIpc) is 2.39. The molecule has 110 valence electrons. The summed E-state index contributed by atoms with van der Waals surface area (Å²) in [5.41, 5.74) is -0.102. The number of esters is 1. The molecule has 8 heteroatoms. The molecule has 1 unspecified atom stereocenters. The maximum atomic E-state index is 11.5. The molecular formula is C12H18N4O4. The van der Waals surface area contributed by atoms with Crippen molar-refractivity contribution in [2.24, 2.45) is 0 Å². The molecule has 0 spiro atoms. The van der Waals surface area contributed by atoms with Crippen molar-refractivity contribution in [2.45, 2.75) is 26.8 Å². The Kier molecular flexibility index (Phi) is 5.70. The van der Waals surface area contributed by atoms with Gasteiger partial charge in [0, 0.05) is 6.54 Å². The number of nitrogens with one attached hydrogen (secondary N) is 2. The van der Waals surface area contributed by atoms with E-state index in [4.69, 9.17) is 4.74 Å². The fraction of sp³-hybridized carbons (Fsp3) is 0.500. The van der Waals surface area contributed by atoms with Gasteiger partial charge >= 0.3 is 5.97 Å². The van der Waals surface area contributed by atoms with Gasteiger partial charge in [0.1, 0.15) is 17.7 Å². The van der Waals surface area contributed by atoms with E-state index in [-0.39, 0.29) is 18.1 Å². The zero-order valence-corrected chi connectivity index (χ0v) is 11.7. The molecule has 1 rings (SSSR count). The van der Waals surface area contributed by atoms with Gasteiger partial charge < -0.3 is 15.4 Å². The number of nitrogens with zero attached hydrogens (tertiary/aromatic N) is 2. The molecule has 0 aliphatic heterocycles. The number of rotatable bonds is 7. The van der Waals surface area contributed by atoms with Gasteiger partial charge in [-0.2, -0.15) is 0 Å². The van der Waals surface area contributed by atoms with Crippen LogP contribution in [0.5, 0.6) is 0 Å².